The number of anilines is 1. The number of aryl methyl sites for hydroxylation is 2. The molecule has 19 heavy (non-hydrogen) atoms. The van der Waals surface area contributed by atoms with E-state index < -0.39 is 0 Å². The molecule has 0 bridgehead atoms. The molecule has 4 N–H and O–H groups in total. The topological polar surface area (TPSA) is 97.1 Å². The minimum atomic E-state index is -0.343. The number of amides is 2. The lowest BCUT2D eigenvalue weighted by molar-refractivity contribution is -0.123. The van der Waals surface area contributed by atoms with Gasteiger partial charge in [0.15, 0.2) is 5.13 Å². The van der Waals surface area contributed by atoms with E-state index in [4.69, 9.17) is 5.73 Å². The first-order chi connectivity index (χ1) is 9.19. The zero-order valence-corrected chi connectivity index (χ0v) is 11.5. The Bertz CT molecular complexity index is 449. The Balaban J connectivity index is 1.89. The molecule has 7 heteroatoms. The van der Waals surface area contributed by atoms with Crippen LogP contribution in [0.15, 0.2) is 0 Å². The van der Waals surface area contributed by atoms with Crippen LogP contribution in [0.3, 0.4) is 0 Å². The van der Waals surface area contributed by atoms with Crippen LogP contribution in [-0.2, 0) is 22.4 Å². The van der Waals surface area contributed by atoms with Gasteiger partial charge in [-0.25, -0.2) is 4.98 Å². The Morgan fingerprint density at radius 3 is 2.79 bits per heavy atom. The van der Waals surface area contributed by atoms with Crippen LogP contribution in [0.4, 0.5) is 5.13 Å². The summed E-state index contributed by atoms with van der Waals surface area (Å²) in [5, 5.41) is 5.76. The first-order valence-corrected chi connectivity index (χ1v) is 7.26. The van der Waals surface area contributed by atoms with Crippen molar-refractivity contribution in [2.45, 2.75) is 32.1 Å². The van der Waals surface area contributed by atoms with E-state index in [1.807, 2.05) is 0 Å². The molecule has 2 amide bonds. The molecule has 1 heterocycles. The SMILES string of the molecule is NCC(=O)NCC(=O)Nc1nc2c(s1)CCCCC2. The molecule has 0 aromatic carbocycles. The van der Waals surface area contributed by atoms with Crippen LogP contribution in [0.2, 0.25) is 0 Å². The van der Waals surface area contributed by atoms with Crippen molar-refractivity contribution in [3.05, 3.63) is 10.6 Å². The van der Waals surface area contributed by atoms with E-state index in [9.17, 15) is 9.59 Å². The maximum Gasteiger partial charge on any atom is 0.245 e. The average molecular weight is 282 g/mol. The molecular formula is C12H18N4O2S. The molecule has 1 aliphatic rings. The highest BCUT2D eigenvalue weighted by molar-refractivity contribution is 7.15. The van der Waals surface area contributed by atoms with Crippen LogP contribution in [0.1, 0.15) is 29.8 Å². The number of hydrogen-bond donors (Lipinski definition) is 3. The van der Waals surface area contributed by atoms with Gasteiger partial charge in [-0.3, -0.25) is 9.59 Å². The van der Waals surface area contributed by atoms with Crippen molar-refractivity contribution in [2.24, 2.45) is 5.73 Å². The van der Waals surface area contributed by atoms with E-state index >= 15 is 0 Å². The highest BCUT2D eigenvalue weighted by Gasteiger charge is 2.15. The van der Waals surface area contributed by atoms with E-state index in [-0.39, 0.29) is 24.9 Å². The Morgan fingerprint density at radius 1 is 1.21 bits per heavy atom. The fraction of sp³-hybridized carbons (Fsp3) is 0.583. The molecule has 1 aliphatic carbocycles. The van der Waals surface area contributed by atoms with Gasteiger partial charge in [0.2, 0.25) is 11.8 Å². The van der Waals surface area contributed by atoms with Gasteiger partial charge in [-0.05, 0) is 25.7 Å². The van der Waals surface area contributed by atoms with E-state index in [1.165, 1.54) is 29.1 Å². The highest BCUT2D eigenvalue weighted by Crippen LogP contribution is 2.28. The number of hydrogen-bond acceptors (Lipinski definition) is 5. The van der Waals surface area contributed by atoms with E-state index in [0.717, 1.165) is 25.0 Å². The monoisotopic (exact) mass is 282 g/mol. The summed E-state index contributed by atoms with van der Waals surface area (Å²) < 4.78 is 0. The third-order valence-electron chi connectivity index (χ3n) is 2.97. The van der Waals surface area contributed by atoms with Crippen LogP contribution < -0.4 is 16.4 Å². The fourth-order valence-corrected chi connectivity index (χ4v) is 3.06. The third-order valence-corrected chi connectivity index (χ3v) is 4.05. The minimum absolute atomic E-state index is 0.0692. The summed E-state index contributed by atoms with van der Waals surface area (Å²) in [6.07, 6.45) is 5.64. The van der Waals surface area contributed by atoms with Gasteiger partial charge in [0.05, 0.1) is 18.8 Å². The van der Waals surface area contributed by atoms with Crippen LogP contribution in [0, 0.1) is 0 Å². The molecule has 0 spiro atoms. The first-order valence-electron chi connectivity index (χ1n) is 6.44. The third kappa shape index (κ3) is 4.00. The summed E-state index contributed by atoms with van der Waals surface area (Å²) in [6.45, 7) is -0.181. The number of carbonyl (C=O) groups excluding carboxylic acids is 2. The molecular weight excluding hydrogens is 264 g/mol. The lowest BCUT2D eigenvalue weighted by Gasteiger charge is -2.03. The molecule has 0 unspecified atom stereocenters. The number of carbonyl (C=O) groups is 2. The zero-order valence-electron chi connectivity index (χ0n) is 10.7. The summed E-state index contributed by atoms with van der Waals surface area (Å²) in [7, 11) is 0. The summed E-state index contributed by atoms with van der Waals surface area (Å²) in [6, 6.07) is 0. The molecule has 0 radical (unpaired) electrons. The van der Waals surface area contributed by atoms with Crippen molar-refractivity contribution in [3.63, 3.8) is 0 Å². The largest absolute Gasteiger partial charge is 0.346 e. The van der Waals surface area contributed by atoms with Crippen LogP contribution in [0.5, 0.6) is 0 Å². The number of fused-ring (bicyclic) bond motifs is 1. The molecule has 2 rings (SSSR count). The van der Waals surface area contributed by atoms with Gasteiger partial charge in [-0.1, -0.05) is 6.42 Å². The predicted octanol–water partition coefficient (Wildman–Crippen LogP) is 0.425. The van der Waals surface area contributed by atoms with Gasteiger partial charge < -0.3 is 16.4 Å². The minimum Gasteiger partial charge on any atom is -0.346 e. The lowest BCUT2D eigenvalue weighted by Crippen LogP contribution is -2.36. The van der Waals surface area contributed by atoms with E-state index in [1.54, 1.807) is 0 Å². The second-order valence-electron chi connectivity index (χ2n) is 4.48. The molecule has 1 aromatic heterocycles. The second kappa shape index (κ2) is 6.63. The molecule has 0 atom stereocenters. The van der Waals surface area contributed by atoms with E-state index in [2.05, 4.69) is 15.6 Å². The van der Waals surface area contributed by atoms with Crippen molar-refractivity contribution >= 4 is 28.3 Å². The second-order valence-corrected chi connectivity index (χ2v) is 5.56. The Morgan fingerprint density at radius 2 is 2.00 bits per heavy atom. The Hall–Kier alpha value is -1.47. The average Bonchev–Trinajstić information content (AvgIpc) is 2.64. The van der Waals surface area contributed by atoms with Gasteiger partial charge in [-0.15, -0.1) is 11.3 Å². The number of nitrogens with two attached hydrogens (primary N) is 1. The Labute approximate surface area is 115 Å². The molecule has 0 aliphatic heterocycles. The summed E-state index contributed by atoms with van der Waals surface area (Å²) >= 11 is 1.54. The normalized spacial score (nSPS) is 14.4. The molecule has 1 aromatic rings. The van der Waals surface area contributed by atoms with Crippen molar-refractivity contribution in [3.8, 4) is 0 Å². The molecule has 0 saturated carbocycles. The zero-order chi connectivity index (χ0) is 13.7. The number of nitrogens with zero attached hydrogens (tertiary/aromatic N) is 1. The quantitative estimate of drug-likeness (QED) is 0.697. The van der Waals surface area contributed by atoms with Crippen LogP contribution in [-0.4, -0.2) is 29.9 Å². The molecule has 6 nitrogen and oxygen atoms in total. The van der Waals surface area contributed by atoms with Gasteiger partial charge in [0.25, 0.3) is 0 Å². The molecule has 0 saturated heterocycles. The van der Waals surface area contributed by atoms with Gasteiger partial charge in [0.1, 0.15) is 0 Å². The number of thiazole rings is 1. The smallest absolute Gasteiger partial charge is 0.245 e. The predicted molar refractivity (Wildman–Crippen MR) is 74.1 cm³/mol. The molecule has 0 fully saturated rings. The highest BCUT2D eigenvalue weighted by atomic mass is 32.1. The number of rotatable bonds is 4. The van der Waals surface area contributed by atoms with Crippen LogP contribution >= 0.6 is 11.3 Å². The van der Waals surface area contributed by atoms with Gasteiger partial charge >= 0.3 is 0 Å². The maximum atomic E-state index is 11.6. The van der Waals surface area contributed by atoms with Crippen molar-refractivity contribution in [1.29, 1.82) is 0 Å². The molecule has 104 valence electrons. The fourth-order valence-electron chi connectivity index (χ4n) is 2.00. The first kappa shape index (κ1) is 14.0. The van der Waals surface area contributed by atoms with E-state index in [0.29, 0.717) is 5.13 Å². The summed E-state index contributed by atoms with van der Waals surface area (Å²) in [5.74, 6) is -0.615. The number of aromatic nitrogens is 1. The Kier molecular flexibility index (Phi) is 4.86. The maximum absolute atomic E-state index is 11.6. The van der Waals surface area contributed by atoms with Gasteiger partial charge in [0, 0.05) is 4.88 Å². The van der Waals surface area contributed by atoms with Gasteiger partial charge in [-0.2, -0.15) is 0 Å². The van der Waals surface area contributed by atoms with Crippen molar-refractivity contribution in [1.82, 2.24) is 10.3 Å². The number of nitrogens with one attached hydrogen (secondary N) is 2. The van der Waals surface area contributed by atoms with Crippen LogP contribution in [0.25, 0.3) is 0 Å². The summed E-state index contributed by atoms with van der Waals surface area (Å²) in [4.78, 5) is 28.3. The lowest BCUT2D eigenvalue weighted by atomic mass is 10.2. The standard InChI is InChI=1S/C12H18N4O2S/c13-6-10(17)14-7-11(18)16-12-15-8-4-2-1-3-5-9(8)19-12/h1-7,13H2,(H,14,17)(H,15,16,18). The summed E-state index contributed by atoms with van der Waals surface area (Å²) in [5.41, 5.74) is 6.25. The van der Waals surface area contributed by atoms with Crippen molar-refractivity contribution < 1.29 is 9.59 Å². The van der Waals surface area contributed by atoms with Crippen molar-refractivity contribution in [2.75, 3.05) is 18.4 Å².